The van der Waals surface area contributed by atoms with Crippen LogP contribution in [0, 0.1) is 22.7 Å². The number of para-hydroxylation sites is 8. The average molecular weight is 1150 g/mol. The second-order valence-electron chi connectivity index (χ2n) is 23.5. The maximum absolute atomic E-state index is 12.9. The number of aromatic nitrogens is 4. The van der Waals surface area contributed by atoms with Crippen molar-refractivity contribution in [3.8, 4) is 34.9 Å². The molecule has 0 unspecified atom stereocenters. The Labute approximate surface area is 507 Å². The fourth-order valence-corrected chi connectivity index (χ4v) is 15.6. The van der Waals surface area contributed by atoms with E-state index in [1.807, 2.05) is 84.9 Å². The molecular formula is C80H40N6O4. The van der Waals surface area contributed by atoms with Gasteiger partial charge in [-0.25, -0.2) is 0 Å². The molecule has 0 aliphatic rings. The summed E-state index contributed by atoms with van der Waals surface area (Å²) in [4.78, 5) is 0. The Morgan fingerprint density at radius 3 is 0.678 bits per heavy atom. The van der Waals surface area contributed by atoms with E-state index in [0.717, 1.165) is 153 Å². The smallest absolute Gasteiger partial charge is 0.160 e. The molecule has 0 N–H and O–H groups in total. The molecule has 0 atom stereocenters. The second-order valence-corrected chi connectivity index (χ2v) is 23.5. The van der Waals surface area contributed by atoms with Gasteiger partial charge in [0.15, 0.2) is 22.3 Å². The molecule has 0 aliphatic heterocycles. The van der Waals surface area contributed by atoms with Gasteiger partial charge in [0, 0.05) is 86.2 Å². The van der Waals surface area contributed by atoms with Gasteiger partial charge in [0.05, 0.1) is 78.0 Å². The lowest BCUT2D eigenvalue weighted by molar-refractivity contribution is 0.670. The molecule has 0 aliphatic carbocycles. The van der Waals surface area contributed by atoms with Gasteiger partial charge in [-0.05, 0) is 72.8 Å². The largest absolute Gasteiger partial charge is 0.454 e. The van der Waals surface area contributed by atoms with E-state index in [-0.39, 0.29) is 11.1 Å². The van der Waals surface area contributed by atoms with Crippen molar-refractivity contribution in [1.29, 1.82) is 10.5 Å². The van der Waals surface area contributed by atoms with E-state index in [1.165, 1.54) is 0 Å². The van der Waals surface area contributed by atoms with Crippen LogP contribution < -0.4 is 0 Å². The summed E-state index contributed by atoms with van der Waals surface area (Å²) < 4.78 is 38.0. The first kappa shape index (κ1) is 47.5. The molecule has 21 aromatic rings. The molecular weight excluding hydrogens is 1110 g/mol. The number of hydrogen-bond acceptors (Lipinski definition) is 6. The van der Waals surface area contributed by atoms with Crippen molar-refractivity contribution >= 4 is 175 Å². The molecule has 0 radical (unpaired) electrons. The Morgan fingerprint density at radius 1 is 0.211 bits per heavy atom. The highest BCUT2D eigenvalue weighted by Crippen LogP contribution is 2.53. The molecule has 0 saturated heterocycles. The summed E-state index contributed by atoms with van der Waals surface area (Å²) in [6.45, 7) is 0. The van der Waals surface area contributed by atoms with Crippen LogP contribution in [0.3, 0.4) is 0 Å². The minimum absolute atomic E-state index is 0.141. The first-order valence-corrected chi connectivity index (χ1v) is 30.0. The maximum Gasteiger partial charge on any atom is 0.160 e. The van der Waals surface area contributed by atoms with Gasteiger partial charge in [-0.15, -0.1) is 0 Å². The zero-order valence-electron chi connectivity index (χ0n) is 47.4. The standard InChI is InChI=1S/C80H40N6O4/c81-41-59-60(42-82)70(84-62-26-10-2-18-44(62)52-34-38-56-48-22-6-14-30-66(48)88-78(56)72(52)84)76(86-64-28-12-4-20-46(64)54-36-40-58-50-24-8-16-32-68(50)90-80(58)74(54)86)75(85-63-27-11-3-19-45(63)53-35-39-57-49-23-7-15-31-67(49)89-79(57)73(53)85)69(59)83-61-25-9-1-17-43(61)51-33-37-55-47-21-5-13-29-65(47)87-77(55)71(51)83/h1-40H. The van der Waals surface area contributed by atoms with E-state index in [9.17, 15) is 10.5 Å². The number of benzene rings is 13. The fraction of sp³-hybridized carbons (Fsp3) is 0. The molecule has 21 rings (SSSR count). The third kappa shape index (κ3) is 5.81. The predicted molar refractivity (Wildman–Crippen MR) is 362 cm³/mol. The minimum atomic E-state index is 0.141. The third-order valence-corrected chi connectivity index (χ3v) is 19.2. The Balaban J connectivity index is 1.12. The number of nitrogens with zero attached hydrogens (tertiary/aromatic N) is 6. The zero-order valence-corrected chi connectivity index (χ0v) is 47.4. The van der Waals surface area contributed by atoms with Crippen molar-refractivity contribution in [2.24, 2.45) is 0 Å². The number of fused-ring (bicyclic) bond motifs is 28. The van der Waals surface area contributed by atoms with E-state index in [1.54, 1.807) is 0 Å². The Hall–Kier alpha value is -12.8. The van der Waals surface area contributed by atoms with E-state index >= 15 is 0 Å². The van der Waals surface area contributed by atoms with Gasteiger partial charge in [-0.2, -0.15) is 10.5 Å². The summed E-state index contributed by atoms with van der Waals surface area (Å²) >= 11 is 0. The Bertz CT molecular complexity index is 6530. The average Bonchev–Trinajstić information content (AvgIpc) is 1.46. The lowest BCUT2D eigenvalue weighted by Gasteiger charge is -2.27. The second kappa shape index (κ2) is 17.0. The summed E-state index contributed by atoms with van der Waals surface area (Å²) in [5.41, 5.74) is 14.2. The van der Waals surface area contributed by atoms with E-state index in [0.29, 0.717) is 45.1 Å². The zero-order chi connectivity index (χ0) is 58.8. The van der Waals surface area contributed by atoms with E-state index in [2.05, 4.69) is 188 Å². The number of rotatable bonds is 4. The lowest BCUT2D eigenvalue weighted by Crippen LogP contribution is -2.17. The van der Waals surface area contributed by atoms with Gasteiger partial charge >= 0.3 is 0 Å². The van der Waals surface area contributed by atoms with Gasteiger partial charge in [0.25, 0.3) is 0 Å². The molecule has 0 spiro atoms. The minimum Gasteiger partial charge on any atom is -0.454 e. The first-order valence-electron chi connectivity index (χ1n) is 30.0. The normalized spacial score (nSPS) is 12.4. The summed E-state index contributed by atoms with van der Waals surface area (Å²) in [6, 6.07) is 89.3. The van der Waals surface area contributed by atoms with Crippen molar-refractivity contribution in [1.82, 2.24) is 18.3 Å². The lowest BCUT2D eigenvalue weighted by atomic mass is 9.98. The van der Waals surface area contributed by atoms with Crippen molar-refractivity contribution < 1.29 is 17.7 Å². The third-order valence-electron chi connectivity index (χ3n) is 19.2. The van der Waals surface area contributed by atoms with Crippen LogP contribution in [0.4, 0.5) is 0 Å². The van der Waals surface area contributed by atoms with E-state index < -0.39 is 0 Å². The molecule has 10 nitrogen and oxygen atoms in total. The number of nitriles is 2. The summed E-state index contributed by atoms with van der Waals surface area (Å²) in [7, 11) is 0. The predicted octanol–water partition coefficient (Wildman–Crippen LogP) is 21.4. The van der Waals surface area contributed by atoms with E-state index in [4.69, 9.17) is 17.7 Å². The molecule has 414 valence electrons. The quantitative estimate of drug-likeness (QED) is 0.173. The molecule has 0 fully saturated rings. The highest BCUT2D eigenvalue weighted by atomic mass is 16.3. The van der Waals surface area contributed by atoms with Crippen LogP contribution in [0.1, 0.15) is 11.1 Å². The number of hydrogen-bond donors (Lipinski definition) is 0. The van der Waals surface area contributed by atoms with Crippen LogP contribution in [0.5, 0.6) is 0 Å². The summed E-state index contributed by atoms with van der Waals surface area (Å²) in [5.74, 6) is 0. The molecule has 8 aromatic heterocycles. The molecule has 0 saturated carbocycles. The topological polar surface area (TPSA) is 120 Å². The van der Waals surface area contributed by atoms with Crippen LogP contribution in [-0.2, 0) is 0 Å². The number of furan rings is 4. The van der Waals surface area contributed by atoms with Gasteiger partial charge in [-0.3, -0.25) is 0 Å². The Kier molecular flexibility index (Phi) is 8.98. The molecule has 0 bridgehead atoms. The van der Waals surface area contributed by atoms with Crippen molar-refractivity contribution in [2.45, 2.75) is 0 Å². The SMILES string of the molecule is N#Cc1c(C#N)c(-n2c3ccccc3c3ccc4c5ccccc5oc4c32)c(-n2c3ccccc3c3ccc4c5ccccc5oc4c32)c(-n2c3ccccc3c3ccc4c5ccccc5oc4c32)c1-n1c2ccccc2c2ccc3c4ccccc4oc3c21. The van der Waals surface area contributed by atoms with Gasteiger partial charge in [0.1, 0.15) is 34.5 Å². The van der Waals surface area contributed by atoms with Crippen molar-refractivity contribution in [2.75, 3.05) is 0 Å². The molecule has 90 heavy (non-hydrogen) atoms. The van der Waals surface area contributed by atoms with Crippen molar-refractivity contribution in [3.63, 3.8) is 0 Å². The van der Waals surface area contributed by atoms with Crippen molar-refractivity contribution in [3.05, 3.63) is 254 Å². The first-order chi connectivity index (χ1) is 44.6. The Morgan fingerprint density at radius 2 is 0.422 bits per heavy atom. The van der Waals surface area contributed by atoms with Crippen LogP contribution >= 0.6 is 0 Å². The molecule has 10 heteroatoms. The highest BCUT2D eigenvalue weighted by Gasteiger charge is 2.37. The van der Waals surface area contributed by atoms with Crippen LogP contribution in [-0.4, -0.2) is 18.3 Å². The highest BCUT2D eigenvalue weighted by molar-refractivity contribution is 6.27. The maximum atomic E-state index is 12.9. The summed E-state index contributed by atoms with van der Waals surface area (Å²) in [5, 5.41) is 40.8. The van der Waals surface area contributed by atoms with Gasteiger partial charge in [0.2, 0.25) is 0 Å². The summed E-state index contributed by atoms with van der Waals surface area (Å²) in [6.07, 6.45) is 0. The van der Waals surface area contributed by atoms with Crippen LogP contribution in [0.15, 0.2) is 260 Å². The van der Waals surface area contributed by atoms with Gasteiger partial charge < -0.3 is 35.9 Å². The van der Waals surface area contributed by atoms with Gasteiger partial charge in [-0.1, -0.05) is 170 Å². The fourth-order valence-electron chi connectivity index (χ4n) is 15.6. The van der Waals surface area contributed by atoms with Crippen LogP contribution in [0.2, 0.25) is 0 Å². The monoisotopic (exact) mass is 1150 g/mol. The van der Waals surface area contributed by atoms with Crippen LogP contribution in [0.25, 0.3) is 198 Å². The molecule has 0 amide bonds. The molecule has 13 aromatic carbocycles. The molecule has 8 heterocycles.